The third-order valence-corrected chi connectivity index (χ3v) is 0. The van der Waals surface area contributed by atoms with Gasteiger partial charge in [0.25, 0.3) is 0 Å². The van der Waals surface area contributed by atoms with Crippen molar-refractivity contribution < 1.29 is 35.7 Å². The van der Waals surface area contributed by atoms with Crippen LogP contribution in [0.15, 0.2) is 0 Å². The van der Waals surface area contributed by atoms with E-state index in [1.54, 1.807) is 0 Å². The van der Waals surface area contributed by atoms with Crippen LogP contribution < -0.4 is 0 Å². The van der Waals surface area contributed by atoms with E-state index in [0.29, 0.717) is 0 Å². The van der Waals surface area contributed by atoms with Gasteiger partial charge in [-0.05, 0) is 0 Å². The zero-order valence-corrected chi connectivity index (χ0v) is 5.09. The summed E-state index contributed by atoms with van der Waals surface area (Å²) in [5.74, 6) is 0. The third kappa shape index (κ3) is 829. The fourth-order valence-corrected chi connectivity index (χ4v) is 0. The Bertz CT molecular complexity index is 55.5. The molecule has 0 fully saturated rings. The van der Waals surface area contributed by atoms with Gasteiger partial charge in [-0.2, -0.15) is 0 Å². The van der Waals surface area contributed by atoms with Gasteiger partial charge < -0.3 is 0 Å². The Balaban J connectivity index is -0.00000000762. The summed E-state index contributed by atoms with van der Waals surface area (Å²) in [6.45, 7) is 18.0. The van der Waals surface area contributed by atoms with Crippen LogP contribution >= 0.6 is 0 Å². The van der Waals surface area contributed by atoms with Crippen LogP contribution in [0.5, 0.6) is 0 Å². The minimum atomic E-state index is 0. The maximum absolute atomic E-state index is 7.50. The van der Waals surface area contributed by atoms with Gasteiger partial charge in [0, 0.05) is 17.1 Å². The molecule has 0 aliphatic carbocycles. The van der Waals surface area contributed by atoms with E-state index in [2.05, 4.69) is 26.6 Å². The summed E-state index contributed by atoms with van der Waals surface area (Å²) in [6, 6.07) is 0. The molecular formula is C4FeO4. The summed E-state index contributed by atoms with van der Waals surface area (Å²) in [7, 11) is 0. The molecule has 0 rings (SSSR count). The van der Waals surface area contributed by atoms with Gasteiger partial charge in [-0.15, -0.1) is 0 Å². The predicted molar refractivity (Wildman–Crippen MR) is 15.7 cm³/mol. The summed E-state index contributed by atoms with van der Waals surface area (Å²) in [6.07, 6.45) is 0. The molecule has 0 heterocycles. The van der Waals surface area contributed by atoms with E-state index in [-0.39, 0.29) is 17.1 Å². The quantitative estimate of drug-likeness (QED) is 0.273. The molecule has 0 atom stereocenters. The summed E-state index contributed by atoms with van der Waals surface area (Å²) >= 11 is 0. The van der Waals surface area contributed by atoms with E-state index in [1.165, 1.54) is 0 Å². The molecule has 48 valence electrons. The molecule has 9 heavy (non-hydrogen) atoms. The molecule has 5 heteroatoms. The molecule has 0 amide bonds. The van der Waals surface area contributed by atoms with E-state index >= 15 is 0 Å². The van der Waals surface area contributed by atoms with Gasteiger partial charge in [-0.1, -0.05) is 0 Å². The van der Waals surface area contributed by atoms with Crippen LogP contribution in [0, 0.1) is 26.6 Å². The molecule has 0 radical (unpaired) electrons. The van der Waals surface area contributed by atoms with E-state index in [1.807, 2.05) is 0 Å². The van der Waals surface area contributed by atoms with E-state index in [4.69, 9.17) is 18.6 Å². The van der Waals surface area contributed by atoms with Crippen LogP contribution in [0.2, 0.25) is 0 Å². The summed E-state index contributed by atoms with van der Waals surface area (Å²) < 4.78 is 30.0. The molecule has 0 N–H and O–H groups in total. The second kappa shape index (κ2) is 1160. The van der Waals surface area contributed by atoms with Crippen molar-refractivity contribution >= 4 is 0 Å². The van der Waals surface area contributed by atoms with Crippen LogP contribution in [-0.4, -0.2) is 0 Å². The van der Waals surface area contributed by atoms with E-state index in [9.17, 15) is 0 Å². The Morgan fingerprint density at radius 2 is 0.444 bits per heavy atom. The maximum Gasteiger partial charge on any atom is 0 e. The molecule has 0 bridgehead atoms. The van der Waals surface area contributed by atoms with Gasteiger partial charge >= 0.3 is 45.2 Å². The van der Waals surface area contributed by atoms with E-state index < -0.39 is 0 Å². The van der Waals surface area contributed by atoms with Crippen LogP contribution in [0.3, 0.4) is 0 Å². The molecular weight excluding hydrogens is 168 g/mol. The average molecular weight is 168 g/mol. The zero-order valence-electron chi connectivity index (χ0n) is 3.99. The van der Waals surface area contributed by atoms with Gasteiger partial charge in [0.15, 0.2) is 0 Å². The van der Waals surface area contributed by atoms with Crippen molar-refractivity contribution in [2.45, 2.75) is 0 Å². The normalized spacial score (nSPS) is 0.889. The second-order valence-corrected chi connectivity index (χ2v) is 0. The van der Waals surface area contributed by atoms with Gasteiger partial charge in [-0.25, -0.2) is 0 Å². The number of hydrogen-bond donors (Lipinski definition) is 0. The minimum Gasteiger partial charge on any atom is 0 e. The van der Waals surface area contributed by atoms with Gasteiger partial charge in [0.1, 0.15) is 0 Å². The van der Waals surface area contributed by atoms with Crippen molar-refractivity contribution in [1.82, 2.24) is 0 Å². The molecule has 0 unspecified atom stereocenters. The van der Waals surface area contributed by atoms with Crippen molar-refractivity contribution in [2.75, 3.05) is 0 Å². The smallest absolute Gasteiger partial charge is 0 e. The van der Waals surface area contributed by atoms with Crippen LogP contribution in [-0.2, 0) is 35.7 Å². The van der Waals surface area contributed by atoms with E-state index in [0.717, 1.165) is 0 Å². The Morgan fingerprint density at radius 1 is 0.444 bits per heavy atom. The molecule has 4 nitrogen and oxygen atoms in total. The Hall–Kier alpha value is -0.521. The van der Waals surface area contributed by atoms with Gasteiger partial charge in [0.05, 0.1) is 0 Å². The number of rotatable bonds is 0. The van der Waals surface area contributed by atoms with Crippen molar-refractivity contribution in [1.29, 1.82) is 0 Å². The molecule has 0 aromatic rings. The molecule has 0 saturated heterocycles. The Labute approximate surface area is 63.0 Å². The molecule has 0 aromatic heterocycles. The first-order valence-corrected chi connectivity index (χ1v) is 0.816. The molecule has 0 saturated carbocycles. The van der Waals surface area contributed by atoms with Crippen LogP contribution in [0.1, 0.15) is 0 Å². The summed E-state index contributed by atoms with van der Waals surface area (Å²) in [4.78, 5) is 0. The molecule has 0 aliphatic rings. The van der Waals surface area contributed by atoms with Crippen molar-refractivity contribution in [3.05, 3.63) is 26.6 Å². The topological polar surface area (TPSA) is 79.6 Å². The zero-order chi connectivity index (χ0) is 8.00. The van der Waals surface area contributed by atoms with Crippen molar-refractivity contribution in [3.8, 4) is 0 Å². The first-order chi connectivity index (χ1) is 4.00. The molecule has 0 aromatic carbocycles. The van der Waals surface area contributed by atoms with Gasteiger partial charge in [0.2, 0.25) is 0 Å². The fourth-order valence-electron chi connectivity index (χ4n) is 0. The van der Waals surface area contributed by atoms with Crippen molar-refractivity contribution in [3.63, 3.8) is 0 Å². The Morgan fingerprint density at radius 3 is 0.444 bits per heavy atom. The maximum atomic E-state index is 7.50. The second-order valence-electron chi connectivity index (χ2n) is 0. The SMILES string of the molecule is [C-]#[O+].[C-]#[O+].[C-]#[O+].[C-]#[O+].[Fe]. The standard InChI is InChI=1S/4CO.Fe/c4*1-2;. The third-order valence-electron chi connectivity index (χ3n) is 0. The minimum absolute atomic E-state index is 0. The fraction of sp³-hybridized carbons (Fsp3) is 0. The summed E-state index contributed by atoms with van der Waals surface area (Å²) in [5.41, 5.74) is 0. The van der Waals surface area contributed by atoms with Crippen LogP contribution in [0.25, 0.3) is 0 Å². The average Bonchev–Trinajstić information content (AvgIpc) is 2.03. The summed E-state index contributed by atoms with van der Waals surface area (Å²) in [5, 5.41) is 0. The van der Waals surface area contributed by atoms with Crippen LogP contribution in [0.4, 0.5) is 0 Å². The molecule has 0 spiro atoms. The first kappa shape index (κ1) is 39.2. The largest absolute Gasteiger partial charge is 0 e. The van der Waals surface area contributed by atoms with Gasteiger partial charge in [-0.3, -0.25) is 0 Å². The van der Waals surface area contributed by atoms with Crippen molar-refractivity contribution in [2.24, 2.45) is 0 Å². The molecule has 0 aliphatic heterocycles. The Kier molecular flexibility index (Phi) is 5050. The number of hydrogen-bond acceptors (Lipinski definition) is 0. The first-order valence-electron chi connectivity index (χ1n) is 0.816. The monoisotopic (exact) mass is 168 g/mol. The predicted octanol–water partition coefficient (Wildman–Crippen LogP) is -0.153.